The van der Waals surface area contributed by atoms with Crippen molar-refractivity contribution in [3.63, 3.8) is 0 Å². The molecule has 0 bridgehead atoms. The fraction of sp³-hybridized carbons (Fsp3) is 1.00. The normalized spacial score (nSPS) is 16.8. The van der Waals surface area contributed by atoms with Crippen LogP contribution in [0.1, 0.15) is 33.1 Å². The Bertz CT molecular complexity index is 73.7. The molecule has 2 N–H and O–H groups in total. The molecule has 0 heterocycles. The van der Waals surface area contributed by atoms with Gasteiger partial charge in [-0.15, -0.1) is 0 Å². The van der Waals surface area contributed by atoms with Crippen molar-refractivity contribution in [1.29, 1.82) is 0 Å². The highest BCUT2D eigenvalue weighted by atomic mass is 16.3. The zero-order chi connectivity index (χ0) is 7.98. The highest BCUT2D eigenvalue weighted by Crippen LogP contribution is 2.08. The van der Waals surface area contributed by atoms with Crippen LogP contribution in [0.15, 0.2) is 0 Å². The molecule has 0 amide bonds. The maximum Gasteiger partial charge on any atom is 0.0543 e. The predicted octanol–water partition coefficient (Wildman–Crippen LogP) is 1.17. The minimum atomic E-state index is -0.216. The molecule has 0 aliphatic heterocycles. The van der Waals surface area contributed by atoms with Crippen LogP contribution in [-0.4, -0.2) is 22.9 Å². The van der Waals surface area contributed by atoms with E-state index in [0.29, 0.717) is 0 Å². The maximum absolute atomic E-state index is 9.24. The summed E-state index contributed by atoms with van der Waals surface area (Å²) in [6.45, 7) is 4.17. The van der Waals surface area contributed by atoms with Crippen LogP contribution in [0.2, 0.25) is 0 Å². The lowest BCUT2D eigenvalue weighted by Crippen LogP contribution is -2.13. The summed E-state index contributed by atoms with van der Waals surface area (Å²) in [7, 11) is 0. The van der Waals surface area contributed by atoms with E-state index in [1.54, 1.807) is 0 Å². The van der Waals surface area contributed by atoms with Gasteiger partial charge in [-0.25, -0.2) is 0 Å². The van der Waals surface area contributed by atoms with E-state index in [9.17, 15) is 5.11 Å². The van der Waals surface area contributed by atoms with Gasteiger partial charge in [0.2, 0.25) is 0 Å². The van der Waals surface area contributed by atoms with Crippen LogP contribution in [0.5, 0.6) is 0 Å². The molecule has 0 saturated carbocycles. The summed E-state index contributed by atoms with van der Waals surface area (Å²) >= 11 is 0. The van der Waals surface area contributed by atoms with Gasteiger partial charge in [-0.1, -0.05) is 20.3 Å². The summed E-state index contributed by atoms with van der Waals surface area (Å²) < 4.78 is 0. The number of hydrogen-bond acceptors (Lipinski definition) is 2. The van der Waals surface area contributed by atoms with Crippen molar-refractivity contribution in [3.8, 4) is 0 Å². The molecule has 62 valence electrons. The van der Waals surface area contributed by atoms with Gasteiger partial charge in [-0.05, 0) is 18.8 Å². The van der Waals surface area contributed by atoms with Crippen molar-refractivity contribution in [2.75, 3.05) is 6.61 Å². The first-order valence-corrected chi connectivity index (χ1v) is 3.99. The standard InChI is InChI=1S/C8H18O2/c1-3-4-8(10)5-7(2)6-9/h7-10H,3-6H2,1-2H3/t7-,8+/m0/s1. The Hall–Kier alpha value is -0.0800. The number of aliphatic hydroxyl groups is 2. The molecule has 0 aromatic carbocycles. The maximum atomic E-state index is 9.24. The Balaban J connectivity index is 3.27. The molecule has 0 radical (unpaired) electrons. The molecule has 0 aromatic heterocycles. The summed E-state index contributed by atoms with van der Waals surface area (Å²) in [4.78, 5) is 0. The molecule has 10 heavy (non-hydrogen) atoms. The first kappa shape index (κ1) is 9.92. The van der Waals surface area contributed by atoms with E-state index >= 15 is 0 Å². The van der Waals surface area contributed by atoms with Gasteiger partial charge in [0.05, 0.1) is 6.10 Å². The molecule has 0 saturated heterocycles. The molecule has 2 nitrogen and oxygen atoms in total. The Morgan fingerprint density at radius 3 is 2.40 bits per heavy atom. The lowest BCUT2D eigenvalue weighted by Gasteiger charge is -2.12. The van der Waals surface area contributed by atoms with Crippen LogP contribution in [0.3, 0.4) is 0 Å². The second kappa shape index (κ2) is 5.69. The van der Waals surface area contributed by atoms with Gasteiger partial charge in [0.15, 0.2) is 0 Å². The highest BCUT2D eigenvalue weighted by molar-refractivity contribution is 4.59. The number of aliphatic hydroxyl groups excluding tert-OH is 2. The largest absolute Gasteiger partial charge is 0.396 e. The van der Waals surface area contributed by atoms with Gasteiger partial charge in [-0.3, -0.25) is 0 Å². The molecule has 0 rings (SSSR count). The van der Waals surface area contributed by atoms with Crippen molar-refractivity contribution < 1.29 is 10.2 Å². The first-order valence-electron chi connectivity index (χ1n) is 3.99. The van der Waals surface area contributed by atoms with Crippen molar-refractivity contribution >= 4 is 0 Å². The summed E-state index contributed by atoms with van der Waals surface area (Å²) in [5.74, 6) is 0.238. The average Bonchev–Trinajstić information content (AvgIpc) is 1.88. The van der Waals surface area contributed by atoms with Crippen molar-refractivity contribution in [3.05, 3.63) is 0 Å². The van der Waals surface area contributed by atoms with Crippen molar-refractivity contribution in [1.82, 2.24) is 0 Å². The molecule has 0 aliphatic rings. The molecular formula is C8H18O2. The Kier molecular flexibility index (Phi) is 5.64. The summed E-state index contributed by atoms with van der Waals surface area (Å²) in [6.07, 6.45) is 2.38. The summed E-state index contributed by atoms with van der Waals surface area (Å²) in [6, 6.07) is 0. The van der Waals surface area contributed by atoms with Gasteiger partial charge in [0.25, 0.3) is 0 Å². The quantitative estimate of drug-likeness (QED) is 0.611. The fourth-order valence-electron chi connectivity index (χ4n) is 0.990. The molecular weight excluding hydrogens is 128 g/mol. The number of hydrogen-bond donors (Lipinski definition) is 2. The fourth-order valence-corrected chi connectivity index (χ4v) is 0.990. The van der Waals surface area contributed by atoms with Crippen LogP contribution >= 0.6 is 0 Å². The van der Waals surface area contributed by atoms with Gasteiger partial charge < -0.3 is 10.2 Å². The molecule has 0 unspecified atom stereocenters. The lowest BCUT2D eigenvalue weighted by molar-refractivity contribution is 0.114. The van der Waals surface area contributed by atoms with Crippen LogP contribution in [0.4, 0.5) is 0 Å². The van der Waals surface area contributed by atoms with E-state index in [4.69, 9.17) is 5.11 Å². The first-order chi connectivity index (χ1) is 4.70. The molecule has 0 aliphatic carbocycles. The minimum Gasteiger partial charge on any atom is -0.396 e. The molecule has 0 fully saturated rings. The summed E-state index contributed by atoms with van der Waals surface area (Å²) in [5.41, 5.74) is 0. The molecule has 0 aromatic rings. The summed E-state index contributed by atoms with van der Waals surface area (Å²) in [5, 5.41) is 17.9. The lowest BCUT2D eigenvalue weighted by atomic mass is 10.0. The smallest absolute Gasteiger partial charge is 0.0543 e. The SMILES string of the molecule is CCC[C@@H](O)C[C@H](C)CO. The van der Waals surface area contributed by atoms with E-state index in [2.05, 4.69) is 0 Å². The Labute approximate surface area is 62.9 Å². The van der Waals surface area contributed by atoms with Gasteiger partial charge in [0, 0.05) is 6.61 Å². The molecule has 2 atom stereocenters. The van der Waals surface area contributed by atoms with E-state index in [1.807, 2.05) is 13.8 Å². The topological polar surface area (TPSA) is 40.5 Å². The van der Waals surface area contributed by atoms with E-state index < -0.39 is 0 Å². The third-order valence-corrected chi connectivity index (χ3v) is 1.61. The minimum absolute atomic E-state index is 0.181. The molecule has 0 spiro atoms. The van der Waals surface area contributed by atoms with E-state index in [-0.39, 0.29) is 18.6 Å². The average molecular weight is 146 g/mol. The second-order valence-corrected chi connectivity index (χ2v) is 2.97. The Morgan fingerprint density at radius 2 is 2.00 bits per heavy atom. The highest BCUT2D eigenvalue weighted by Gasteiger charge is 2.07. The zero-order valence-electron chi connectivity index (χ0n) is 6.88. The van der Waals surface area contributed by atoms with Gasteiger partial charge in [0.1, 0.15) is 0 Å². The third kappa shape index (κ3) is 4.77. The zero-order valence-corrected chi connectivity index (χ0v) is 6.88. The third-order valence-electron chi connectivity index (χ3n) is 1.61. The van der Waals surface area contributed by atoms with Crippen molar-refractivity contribution in [2.45, 2.75) is 39.2 Å². The van der Waals surface area contributed by atoms with Crippen molar-refractivity contribution in [2.24, 2.45) is 5.92 Å². The van der Waals surface area contributed by atoms with Crippen LogP contribution in [0.25, 0.3) is 0 Å². The van der Waals surface area contributed by atoms with E-state index in [0.717, 1.165) is 19.3 Å². The monoisotopic (exact) mass is 146 g/mol. The van der Waals surface area contributed by atoms with Gasteiger partial charge >= 0.3 is 0 Å². The predicted molar refractivity (Wildman–Crippen MR) is 41.8 cm³/mol. The number of rotatable bonds is 5. The van der Waals surface area contributed by atoms with Crippen LogP contribution < -0.4 is 0 Å². The molecule has 2 heteroatoms. The second-order valence-electron chi connectivity index (χ2n) is 2.97. The van der Waals surface area contributed by atoms with E-state index in [1.165, 1.54) is 0 Å². The van der Waals surface area contributed by atoms with Crippen LogP contribution in [-0.2, 0) is 0 Å². The van der Waals surface area contributed by atoms with Gasteiger partial charge in [-0.2, -0.15) is 0 Å². The van der Waals surface area contributed by atoms with Crippen LogP contribution in [0, 0.1) is 5.92 Å². The Morgan fingerprint density at radius 1 is 1.40 bits per heavy atom.